The minimum absolute atomic E-state index is 0.0386. The van der Waals surface area contributed by atoms with Gasteiger partial charge in [-0.25, -0.2) is 14.8 Å². The average Bonchev–Trinajstić information content (AvgIpc) is 3.46. The smallest absolute Gasteiger partial charge is 0.414 e. The van der Waals surface area contributed by atoms with Crippen molar-refractivity contribution in [1.29, 1.82) is 10.5 Å². The molecule has 10 heteroatoms. The molecular weight excluding hydrogens is 420 g/mol. The van der Waals surface area contributed by atoms with Crippen molar-refractivity contribution in [3.63, 3.8) is 0 Å². The minimum atomic E-state index is -0.426. The molecule has 1 aliphatic heterocycles. The lowest BCUT2D eigenvalue weighted by atomic mass is 9.67. The average molecular weight is 440 g/mol. The Balaban J connectivity index is 1.32. The van der Waals surface area contributed by atoms with Gasteiger partial charge in [0, 0.05) is 29.3 Å². The van der Waals surface area contributed by atoms with E-state index in [2.05, 4.69) is 32.5 Å². The number of nitrogens with zero attached hydrogens (tertiary/aromatic N) is 7. The number of aromatic nitrogens is 4. The molecule has 1 saturated carbocycles. The highest BCUT2D eigenvalue weighted by molar-refractivity contribution is 5.89. The Bertz CT molecular complexity index is 1260. The first kappa shape index (κ1) is 20.5. The van der Waals surface area contributed by atoms with Crippen molar-refractivity contribution < 1.29 is 9.53 Å². The Labute approximate surface area is 190 Å². The summed E-state index contributed by atoms with van der Waals surface area (Å²) >= 11 is 0. The van der Waals surface area contributed by atoms with Gasteiger partial charge >= 0.3 is 6.09 Å². The van der Waals surface area contributed by atoms with E-state index in [1.807, 2.05) is 30.5 Å². The molecule has 33 heavy (non-hydrogen) atoms. The van der Waals surface area contributed by atoms with Crippen molar-refractivity contribution in [2.75, 3.05) is 23.4 Å². The molecule has 164 valence electrons. The third-order valence-corrected chi connectivity index (χ3v) is 6.06. The number of anilines is 3. The number of cyclic esters (lactones) is 1. The number of hydrogen-bond donors (Lipinski definition) is 1. The third-order valence-electron chi connectivity index (χ3n) is 6.06. The van der Waals surface area contributed by atoms with Gasteiger partial charge in [-0.15, -0.1) is 0 Å². The van der Waals surface area contributed by atoms with Crippen LogP contribution in [0.2, 0.25) is 0 Å². The molecule has 1 saturated heterocycles. The van der Waals surface area contributed by atoms with Gasteiger partial charge in [0.15, 0.2) is 0 Å². The molecule has 0 atom stereocenters. The summed E-state index contributed by atoms with van der Waals surface area (Å²) in [4.78, 5) is 22.2. The Kier molecular flexibility index (Phi) is 5.11. The van der Waals surface area contributed by atoms with Gasteiger partial charge in [0.05, 0.1) is 48.5 Å². The van der Waals surface area contributed by atoms with Gasteiger partial charge in [0.2, 0.25) is 5.95 Å². The van der Waals surface area contributed by atoms with Crippen LogP contribution in [0.5, 0.6) is 0 Å². The maximum absolute atomic E-state index is 11.7. The number of amides is 1. The lowest BCUT2D eigenvalue weighted by molar-refractivity contribution is 0.0882. The fourth-order valence-corrected chi connectivity index (χ4v) is 4.28. The SMILES string of the molecule is N#CCC1(n2cc(-c3ccnc(Nc4ccc(N5CCOC5=O)cc4)n3)cn2)CC(C#N)C1. The first-order valence-corrected chi connectivity index (χ1v) is 10.6. The largest absolute Gasteiger partial charge is 0.447 e. The van der Waals surface area contributed by atoms with Crippen LogP contribution in [0.1, 0.15) is 19.3 Å². The summed E-state index contributed by atoms with van der Waals surface area (Å²) in [6.07, 6.45) is 6.48. The van der Waals surface area contributed by atoms with E-state index < -0.39 is 5.54 Å². The number of hydrogen-bond acceptors (Lipinski definition) is 8. The summed E-state index contributed by atoms with van der Waals surface area (Å²) in [7, 11) is 0. The van der Waals surface area contributed by atoms with Crippen LogP contribution in [0.15, 0.2) is 48.9 Å². The fraction of sp³-hybridized carbons (Fsp3) is 0.304. The van der Waals surface area contributed by atoms with Crippen LogP contribution in [0.25, 0.3) is 11.3 Å². The molecule has 1 N–H and O–H groups in total. The predicted molar refractivity (Wildman–Crippen MR) is 118 cm³/mol. The van der Waals surface area contributed by atoms with Gasteiger partial charge in [0.25, 0.3) is 0 Å². The summed E-state index contributed by atoms with van der Waals surface area (Å²) in [6, 6.07) is 13.7. The van der Waals surface area contributed by atoms with Crippen molar-refractivity contribution in [2.45, 2.75) is 24.8 Å². The van der Waals surface area contributed by atoms with Crippen LogP contribution in [-0.2, 0) is 10.3 Å². The molecular formula is C23H20N8O2. The second-order valence-electron chi connectivity index (χ2n) is 8.17. The molecule has 2 aromatic heterocycles. The lowest BCUT2D eigenvalue weighted by Crippen LogP contribution is -2.46. The second kappa shape index (κ2) is 8.24. The van der Waals surface area contributed by atoms with E-state index in [0.717, 1.165) is 16.9 Å². The van der Waals surface area contributed by atoms with Gasteiger partial charge < -0.3 is 10.1 Å². The molecule has 10 nitrogen and oxygen atoms in total. The Morgan fingerprint density at radius 2 is 2.03 bits per heavy atom. The Hall–Kier alpha value is -4.44. The summed E-state index contributed by atoms with van der Waals surface area (Å²) in [6.45, 7) is 0.934. The maximum atomic E-state index is 11.7. The zero-order chi connectivity index (χ0) is 22.8. The van der Waals surface area contributed by atoms with E-state index in [1.54, 1.807) is 28.0 Å². The molecule has 0 unspecified atom stereocenters. The van der Waals surface area contributed by atoms with E-state index in [9.17, 15) is 10.1 Å². The van der Waals surface area contributed by atoms with Gasteiger partial charge in [-0.05, 0) is 43.2 Å². The number of benzene rings is 1. The Morgan fingerprint density at radius 1 is 1.21 bits per heavy atom. The Morgan fingerprint density at radius 3 is 2.73 bits per heavy atom. The molecule has 2 aliphatic rings. The van der Waals surface area contributed by atoms with Gasteiger partial charge in [-0.2, -0.15) is 15.6 Å². The number of nitriles is 2. The maximum Gasteiger partial charge on any atom is 0.414 e. The van der Waals surface area contributed by atoms with Gasteiger partial charge in [0.1, 0.15) is 6.61 Å². The van der Waals surface area contributed by atoms with Gasteiger partial charge in [-0.3, -0.25) is 9.58 Å². The van der Waals surface area contributed by atoms with Crippen molar-refractivity contribution >= 4 is 23.4 Å². The highest BCUT2D eigenvalue weighted by atomic mass is 16.6. The van der Waals surface area contributed by atoms with Crippen LogP contribution >= 0.6 is 0 Å². The second-order valence-corrected chi connectivity index (χ2v) is 8.17. The monoisotopic (exact) mass is 440 g/mol. The van der Waals surface area contributed by atoms with Crippen LogP contribution in [-0.4, -0.2) is 39.0 Å². The lowest BCUT2D eigenvalue weighted by Gasteiger charge is -2.43. The van der Waals surface area contributed by atoms with Crippen molar-refractivity contribution in [2.24, 2.45) is 5.92 Å². The van der Waals surface area contributed by atoms with Crippen molar-refractivity contribution in [3.05, 3.63) is 48.9 Å². The van der Waals surface area contributed by atoms with Crippen LogP contribution in [0.4, 0.5) is 22.1 Å². The molecule has 2 fully saturated rings. The first-order chi connectivity index (χ1) is 16.1. The fourth-order valence-electron chi connectivity index (χ4n) is 4.28. The molecule has 0 bridgehead atoms. The predicted octanol–water partition coefficient (Wildman–Crippen LogP) is 3.58. The molecule has 5 rings (SSSR count). The quantitative estimate of drug-likeness (QED) is 0.615. The van der Waals surface area contributed by atoms with E-state index >= 15 is 0 Å². The number of ether oxygens (including phenoxy) is 1. The molecule has 1 aliphatic carbocycles. The molecule has 3 aromatic rings. The first-order valence-electron chi connectivity index (χ1n) is 10.6. The van der Waals surface area contributed by atoms with Crippen LogP contribution < -0.4 is 10.2 Å². The number of carbonyl (C=O) groups is 1. The topological polar surface area (TPSA) is 133 Å². The summed E-state index contributed by atoms with van der Waals surface area (Å²) in [5.74, 6) is 0.386. The molecule has 0 spiro atoms. The number of rotatable bonds is 6. The summed E-state index contributed by atoms with van der Waals surface area (Å²) in [5.41, 5.74) is 2.63. The van der Waals surface area contributed by atoms with Crippen molar-refractivity contribution in [3.8, 4) is 23.4 Å². The van der Waals surface area contributed by atoms with Crippen LogP contribution in [0, 0.1) is 28.6 Å². The van der Waals surface area contributed by atoms with E-state index in [4.69, 9.17) is 10.00 Å². The van der Waals surface area contributed by atoms with Gasteiger partial charge in [-0.1, -0.05) is 0 Å². The van der Waals surface area contributed by atoms with Crippen LogP contribution in [0.3, 0.4) is 0 Å². The summed E-state index contributed by atoms with van der Waals surface area (Å²) in [5, 5.41) is 26.0. The normalized spacial score (nSPS) is 21.6. The van der Waals surface area contributed by atoms with Crippen molar-refractivity contribution in [1.82, 2.24) is 19.7 Å². The highest BCUT2D eigenvalue weighted by Crippen LogP contribution is 2.46. The standard InChI is InChI=1S/C23H20N8O2/c24-7-6-23(11-16(12-23)13-25)31-15-17(14-27-31)20-5-8-26-21(29-20)28-18-1-3-19(4-2-18)30-9-10-33-22(30)32/h1-5,8,14-16H,6,9-12H2,(H,26,28,29). The number of nitrogens with one attached hydrogen (secondary N) is 1. The molecule has 0 radical (unpaired) electrons. The zero-order valence-electron chi connectivity index (χ0n) is 17.7. The molecule has 3 heterocycles. The summed E-state index contributed by atoms with van der Waals surface area (Å²) < 4.78 is 6.78. The van der Waals surface area contributed by atoms with E-state index in [-0.39, 0.29) is 12.0 Å². The minimum Gasteiger partial charge on any atom is -0.447 e. The molecule has 1 amide bonds. The molecule has 1 aromatic carbocycles. The third kappa shape index (κ3) is 3.83. The highest BCUT2D eigenvalue weighted by Gasteiger charge is 2.46. The number of carbonyl (C=O) groups excluding carboxylic acids is 1. The zero-order valence-corrected chi connectivity index (χ0v) is 17.7. The van der Waals surface area contributed by atoms with E-state index in [0.29, 0.717) is 44.1 Å². The van der Waals surface area contributed by atoms with E-state index in [1.165, 1.54) is 0 Å².